The molecule has 1 saturated carbocycles. The molecular weight excluding hydrogens is 354 g/mol. The first-order valence-corrected chi connectivity index (χ1v) is 9.39. The van der Waals surface area contributed by atoms with E-state index in [4.69, 9.17) is 11.6 Å². The molecule has 3 atom stereocenters. The van der Waals surface area contributed by atoms with Crippen molar-refractivity contribution in [2.45, 2.75) is 51.1 Å². The molecule has 3 rings (SSSR count). The summed E-state index contributed by atoms with van der Waals surface area (Å²) < 4.78 is 0. The van der Waals surface area contributed by atoms with E-state index in [0.717, 1.165) is 24.2 Å². The number of imide groups is 1. The lowest BCUT2D eigenvalue weighted by Gasteiger charge is -2.30. The summed E-state index contributed by atoms with van der Waals surface area (Å²) in [6, 6.07) is 6.41. The Hall–Kier alpha value is -2.08. The second kappa shape index (κ2) is 7.27. The van der Waals surface area contributed by atoms with E-state index in [2.05, 4.69) is 17.6 Å². The number of halogens is 1. The van der Waals surface area contributed by atoms with Crippen LogP contribution >= 0.6 is 11.6 Å². The summed E-state index contributed by atoms with van der Waals surface area (Å²) in [7, 11) is 0. The Bertz CT molecular complexity index is 738. The van der Waals surface area contributed by atoms with Crippen molar-refractivity contribution in [2.75, 3.05) is 6.54 Å². The number of nitrogens with one attached hydrogen (secondary N) is 2. The van der Waals surface area contributed by atoms with Crippen LogP contribution in [0.15, 0.2) is 24.3 Å². The van der Waals surface area contributed by atoms with E-state index in [1.54, 1.807) is 31.2 Å². The standard InChI is InChI=1S/C19H24ClN3O3/c1-12-7-3-6-10-15(12)21-16(24)11-23-17(25)19(2,22-18(23)26)13-8-4-5-9-14(13)20/h4-5,8-9,12,15H,3,6-7,10-11H2,1-2H3,(H,21,24)(H,22,26)/t12-,15-,19-/m1/s1. The number of carbonyl (C=O) groups is 3. The molecule has 0 unspecified atom stereocenters. The minimum absolute atomic E-state index is 0.104. The lowest BCUT2D eigenvalue weighted by atomic mass is 9.86. The zero-order valence-electron chi connectivity index (χ0n) is 15.0. The topological polar surface area (TPSA) is 78.5 Å². The van der Waals surface area contributed by atoms with Crippen LogP contribution in [0.1, 0.15) is 45.1 Å². The second-order valence-corrected chi connectivity index (χ2v) is 7.77. The van der Waals surface area contributed by atoms with Crippen LogP contribution in [0.25, 0.3) is 0 Å². The van der Waals surface area contributed by atoms with Crippen molar-refractivity contribution in [3.63, 3.8) is 0 Å². The van der Waals surface area contributed by atoms with Gasteiger partial charge in [0, 0.05) is 16.6 Å². The number of hydrogen-bond acceptors (Lipinski definition) is 3. The monoisotopic (exact) mass is 377 g/mol. The molecule has 2 N–H and O–H groups in total. The first-order chi connectivity index (χ1) is 12.3. The molecule has 1 aromatic carbocycles. The molecular formula is C19H24ClN3O3. The summed E-state index contributed by atoms with van der Waals surface area (Å²) in [6.45, 7) is 3.44. The molecule has 0 aromatic heterocycles. The van der Waals surface area contributed by atoms with E-state index in [1.165, 1.54) is 6.42 Å². The maximum Gasteiger partial charge on any atom is 0.325 e. The fourth-order valence-electron chi connectivity index (χ4n) is 3.82. The lowest BCUT2D eigenvalue weighted by molar-refractivity contribution is -0.135. The van der Waals surface area contributed by atoms with E-state index in [-0.39, 0.29) is 18.5 Å². The van der Waals surface area contributed by atoms with Crippen LogP contribution in [-0.2, 0) is 15.1 Å². The smallest absolute Gasteiger partial charge is 0.325 e. The van der Waals surface area contributed by atoms with Gasteiger partial charge in [-0.3, -0.25) is 14.5 Å². The van der Waals surface area contributed by atoms with E-state index in [0.29, 0.717) is 16.5 Å². The van der Waals surface area contributed by atoms with Gasteiger partial charge in [0.15, 0.2) is 0 Å². The third-order valence-electron chi connectivity index (χ3n) is 5.45. The van der Waals surface area contributed by atoms with Gasteiger partial charge >= 0.3 is 6.03 Å². The lowest BCUT2D eigenvalue weighted by Crippen LogP contribution is -2.47. The number of urea groups is 1. The van der Waals surface area contributed by atoms with Gasteiger partial charge in [0.1, 0.15) is 12.1 Å². The minimum Gasteiger partial charge on any atom is -0.352 e. The molecule has 1 saturated heterocycles. The van der Waals surface area contributed by atoms with Crippen molar-refractivity contribution in [3.05, 3.63) is 34.9 Å². The summed E-state index contributed by atoms with van der Waals surface area (Å²) in [5.74, 6) is -0.373. The highest BCUT2D eigenvalue weighted by molar-refractivity contribution is 6.32. The van der Waals surface area contributed by atoms with Gasteiger partial charge in [-0.15, -0.1) is 0 Å². The fourth-order valence-corrected chi connectivity index (χ4v) is 4.14. The van der Waals surface area contributed by atoms with Crippen LogP contribution < -0.4 is 10.6 Å². The Labute approximate surface area is 158 Å². The van der Waals surface area contributed by atoms with Gasteiger partial charge in [0.2, 0.25) is 5.91 Å². The molecule has 1 aliphatic carbocycles. The Morgan fingerprint density at radius 3 is 2.69 bits per heavy atom. The first kappa shape index (κ1) is 18.7. The fraction of sp³-hybridized carbons (Fsp3) is 0.526. The summed E-state index contributed by atoms with van der Waals surface area (Å²) >= 11 is 6.20. The molecule has 7 heteroatoms. The maximum absolute atomic E-state index is 12.9. The van der Waals surface area contributed by atoms with Crippen molar-refractivity contribution >= 4 is 29.4 Å². The normalized spacial score (nSPS) is 28.8. The third-order valence-corrected chi connectivity index (χ3v) is 5.78. The van der Waals surface area contributed by atoms with Gasteiger partial charge in [0.25, 0.3) is 5.91 Å². The summed E-state index contributed by atoms with van der Waals surface area (Å²) in [4.78, 5) is 38.6. The third kappa shape index (κ3) is 3.43. The zero-order chi connectivity index (χ0) is 18.9. The molecule has 0 bridgehead atoms. The molecule has 26 heavy (non-hydrogen) atoms. The number of nitrogens with zero attached hydrogens (tertiary/aromatic N) is 1. The van der Waals surface area contributed by atoms with Crippen LogP contribution in [0, 0.1) is 5.92 Å². The Balaban J connectivity index is 1.71. The summed E-state index contributed by atoms with van der Waals surface area (Å²) in [5.41, 5.74) is -0.753. The van der Waals surface area contributed by atoms with Crippen molar-refractivity contribution in [1.82, 2.24) is 15.5 Å². The van der Waals surface area contributed by atoms with Gasteiger partial charge in [-0.2, -0.15) is 0 Å². The van der Waals surface area contributed by atoms with Gasteiger partial charge in [0.05, 0.1) is 0 Å². The molecule has 1 heterocycles. The van der Waals surface area contributed by atoms with Gasteiger partial charge < -0.3 is 10.6 Å². The molecule has 4 amide bonds. The highest BCUT2D eigenvalue weighted by Crippen LogP contribution is 2.33. The van der Waals surface area contributed by atoms with E-state index >= 15 is 0 Å². The number of carbonyl (C=O) groups excluding carboxylic acids is 3. The Kier molecular flexibility index (Phi) is 5.23. The molecule has 140 valence electrons. The minimum atomic E-state index is -1.27. The molecule has 2 aliphatic rings. The molecule has 0 spiro atoms. The molecule has 6 nitrogen and oxygen atoms in total. The number of hydrogen-bond donors (Lipinski definition) is 2. The predicted octanol–water partition coefficient (Wildman–Crippen LogP) is 2.80. The van der Waals surface area contributed by atoms with Gasteiger partial charge in [-0.25, -0.2) is 4.79 Å². The predicted molar refractivity (Wildman–Crippen MR) is 98.6 cm³/mol. The maximum atomic E-state index is 12.9. The molecule has 2 fully saturated rings. The van der Waals surface area contributed by atoms with E-state index in [9.17, 15) is 14.4 Å². The summed E-state index contributed by atoms with van der Waals surface area (Å²) in [6.07, 6.45) is 4.28. The van der Waals surface area contributed by atoms with Crippen LogP contribution in [0.5, 0.6) is 0 Å². The van der Waals surface area contributed by atoms with E-state index in [1.807, 2.05) is 0 Å². The first-order valence-electron chi connectivity index (χ1n) is 9.01. The zero-order valence-corrected chi connectivity index (χ0v) is 15.8. The molecule has 1 aromatic rings. The van der Waals surface area contributed by atoms with Crippen molar-refractivity contribution < 1.29 is 14.4 Å². The quantitative estimate of drug-likeness (QED) is 0.792. The highest BCUT2D eigenvalue weighted by Gasteiger charge is 2.50. The van der Waals surface area contributed by atoms with Crippen molar-refractivity contribution in [2.24, 2.45) is 5.92 Å². The average Bonchev–Trinajstić information content (AvgIpc) is 2.81. The number of benzene rings is 1. The average molecular weight is 378 g/mol. The van der Waals surface area contributed by atoms with Crippen LogP contribution in [-0.4, -0.2) is 35.3 Å². The molecule has 1 aliphatic heterocycles. The van der Waals surface area contributed by atoms with Crippen LogP contribution in [0.2, 0.25) is 5.02 Å². The SMILES string of the molecule is C[C@@H]1CCCC[C@H]1NC(=O)CN1C(=O)N[C@](C)(c2ccccc2Cl)C1=O. The Morgan fingerprint density at radius 2 is 2.00 bits per heavy atom. The second-order valence-electron chi connectivity index (χ2n) is 7.36. The van der Waals surface area contributed by atoms with Gasteiger partial charge in [-0.1, -0.05) is 49.6 Å². The number of rotatable bonds is 4. The van der Waals surface area contributed by atoms with Crippen LogP contribution in [0.4, 0.5) is 4.79 Å². The summed E-state index contributed by atoms with van der Waals surface area (Å²) in [5, 5.41) is 6.05. The van der Waals surface area contributed by atoms with Crippen LogP contribution in [0.3, 0.4) is 0 Å². The van der Waals surface area contributed by atoms with E-state index < -0.39 is 17.5 Å². The largest absolute Gasteiger partial charge is 0.352 e. The molecule has 0 radical (unpaired) electrons. The highest BCUT2D eigenvalue weighted by atomic mass is 35.5. The van der Waals surface area contributed by atoms with Crippen molar-refractivity contribution in [3.8, 4) is 0 Å². The number of amides is 4. The Morgan fingerprint density at radius 1 is 1.31 bits per heavy atom. The van der Waals surface area contributed by atoms with Gasteiger partial charge in [-0.05, 0) is 31.7 Å². The van der Waals surface area contributed by atoms with Crippen molar-refractivity contribution in [1.29, 1.82) is 0 Å².